The van der Waals surface area contributed by atoms with Crippen molar-refractivity contribution < 1.29 is 41.6 Å². The Hall–Kier alpha value is -0.863. The second kappa shape index (κ2) is 7.87. The molecule has 2 aromatic carbocycles. The number of hydrogen-bond donors (Lipinski definition) is 0. The molecule has 0 N–H and O–H groups in total. The van der Waals surface area contributed by atoms with Crippen LogP contribution in [0.25, 0.3) is 0 Å². The summed E-state index contributed by atoms with van der Waals surface area (Å²) >= 11 is 0. The summed E-state index contributed by atoms with van der Waals surface area (Å²) < 4.78 is 39.7. The number of benzene rings is 2. The van der Waals surface area contributed by atoms with E-state index in [-0.39, 0.29) is 30.0 Å². The van der Waals surface area contributed by atoms with Gasteiger partial charge in [0, 0.05) is 17.5 Å². The quantitative estimate of drug-likeness (QED) is 0.342. The van der Waals surface area contributed by atoms with E-state index in [1.807, 2.05) is 0 Å². The highest BCUT2D eigenvalue weighted by molar-refractivity contribution is 6.76. The Kier molecular flexibility index (Phi) is 6.54. The molecule has 0 saturated heterocycles. The number of fused-ring (bicyclic) bond motifs is 1. The molecule has 2 atom stereocenters. The molecule has 3 rings (SSSR count). The monoisotopic (exact) mass is 505 g/mol. The van der Waals surface area contributed by atoms with Gasteiger partial charge in [0.1, 0.15) is 20.7 Å². The molecular formula is C21H27F3INSi. The Morgan fingerprint density at radius 3 is 2.04 bits per heavy atom. The zero-order chi connectivity index (χ0) is 19.2. The molecule has 1 nitrogen and oxygen atoms in total. The summed E-state index contributed by atoms with van der Waals surface area (Å²) in [6, 6.07) is 14.5. The van der Waals surface area contributed by atoms with Gasteiger partial charge in [0.25, 0.3) is 0 Å². The molecule has 0 spiro atoms. The zero-order valence-corrected chi connectivity index (χ0v) is 19.4. The van der Waals surface area contributed by atoms with Crippen LogP contribution in [0, 0.1) is 0 Å². The van der Waals surface area contributed by atoms with Crippen LogP contribution in [0.5, 0.6) is 0 Å². The third-order valence-corrected chi connectivity index (χ3v) is 6.95. The number of halogens is 4. The van der Waals surface area contributed by atoms with Crippen molar-refractivity contribution in [3.63, 3.8) is 0 Å². The normalized spacial score (nSPS) is 22.7. The number of likely N-dealkylation sites (N-methyl/N-ethyl adjacent to an activating group) is 1. The van der Waals surface area contributed by atoms with Crippen molar-refractivity contribution in [1.82, 2.24) is 0 Å². The molecule has 1 heterocycles. The number of quaternary nitrogens is 1. The van der Waals surface area contributed by atoms with Crippen molar-refractivity contribution in [2.24, 2.45) is 0 Å². The van der Waals surface area contributed by atoms with Crippen molar-refractivity contribution in [3.8, 4) is 0 Å². The SMILES string of the molecule is C[N@+]1(C[Si](C)(C)C)Cc2ccccc2C[C@H]1c1ccc(C(F)(F)F)cc1.[I-]. The van der Waals surface area contributed by atoms with Gasteiger partial charge in [0.05, 0.1) is 18.8 Å². The lowest BCUT2D eigenvalue weighted by molar-refractivity contribution is -0.945. The van der Waals surface area contributed by atoms with Gasteiger partial charge in [-0.05, 0) is 17.7 Å². The first kappa shape index (κ1) is 22.4. The van der Waals surface area contributed by atoms with E-state index in [4.69, 9.17) is 0 Å². The number of alkyl halides is 3. The fraction of sp³-hybridized carbons (Fsp3) is 0.429. The Balaban J connectivity index is 0.00000261. The first-order valence-corrected chi connectivity index (χ1v) is 12.8. The van der Waals surface area contributed by atoms with Crippen LogP contribution in [0.4, 0.5) is 13.2 Å². The van der Waals surface area contributed by atoms with Crippen LogP contribution in [0.2, 0.25) is 19.6 Å². The van der Waals surface area contributed by atoms with Gasteiger partial charge >= 0.3 is 6.18 Å². The second-order valence-corrected chi connectivity index (χ2v) is 14.4. The molecule has 1 aliphatic heterocycles. The fourth-order valence-electron chi connectivity index (χ4n) is 4.46. The number of rotatable bonds is 3. The minimum absolute atomic E-state index is 0. The summed E-state index contributed by atoms with van der Waals surface area (Å²) in [5.74, 6) is 0. The van der Waals surface area contributed by atoms with E-state index >= 15 is 0 Å². The van der Waals surface area contributed by atoms with Gasteiger partial charge in [-0.25, -0.2) is 0 Å². The van der Waals surface area contributed by atoms with E-state index in [0.717, 1.165) is 29.2 Å². The van der Waals surface area contributed by atoms with Crippen LogP contribution in [0.15, 0.2) is 48.5 Å². The van der Waals surface area contributed by atoms with Gasteiger partial charge in [-0.15, -0.1) is 0 Å². The lowest BCUT2D eigenvalue weighted by atomic mass is 9.88. The van der Waals surface area contributed by atoms with E-state index in [1.165, 1.54) is 23.3 Å². The van der Waals surface area contributed by atoms with Crippen molar-refractivity contribution in [2.45, 2.75) is 44.8 Å². The average molecular weight is 505 g/mol. The van der Waals surface area contributed by atoms with Crippen molar-refractivity contribution in [3.05, 3.63) is 70.8 Å². The first-order chi connectivity index (χ1) is 12.0. The molecule has 0 radical (unpaired) electrons. The molecule has 0 amide bonds. The molecule has 0 bridgehead atoms. The van der Waals surface area contributed by atoms with Crippen LogP contribution in [-0.4, -0.2) is 25.8 Å². The molecule has 6 heteroatoms. The summed E-state index contributed by atoms with van der Waals surface area (Å²) in [5.41, 5.74) is 3.13. The summed E-state index contributed by atoms with van der Waals surface area (Å²) in [7, 11) is 0.913. The van der Waals surface area contributed by atoms with E-state index in [2.05, 4.69) is 51.0 Å². The standard InChI is InChI=1S/C21H27F3NSi.HI/c1-25(15-26(2,3)4)14-18-8-6-5-7-17(18)13-20(25)16-9-11-19(12-10-16)21(22,23)24;/h5-12,20H,13-15H2,1-4H3;1H/q+1;/p-1/t20-,25+;/m0./s1. The molecule has 2 aromatic rings. The highest BCUT2D eigenvalue weighted by Gasteiger charge is 2.42. The van der Waals surface area contributed by atoms with Crippen LogP contribution < -0.4 is 24.0 Å². The smallest absolute Gasteiger partial charge is 0.416 e. The van der Waals surface area contributed by atoms with Crippen molar-refractivity contribution in [2.75, 3.05) is 13.2 Å². The summed E-state index contributed by atoms with van der Waals surface area (Å²) in [5, 5.41) is 0. The van der Waals surface area contributed by atoms with Crippen molar-refractivity contribution >= 4 is 8.07 Å². The Morgan fingerprint density at radius 1 is 0.963 bits per heavy atom. The molecule has 148 valence electrons. The zero-order valence-electron chi connectivity index (χ0n) is 16.3. The van der Waals surface area contributed by atoms with Crippen LogP contribution in [-0.2, 0) is 19.1 Å². The van der Waals surface area contributed by atoms with Gasteiger partial charge in [-0.3, -0.25) is 0 Å². The molecule has 27 heavy (non-hydrogen) atoms. The van der Waals surface area contributed by atoms with E-state index < -0.39 is 19.8 Å². The molecule has 0 fully saturated rings. The highest BCUT2D eigenvalue weighted by Crippen LogP contribution is 2.40. The van der Waals surface area contributed by atoms with E-state index in [0.29, 0.717) is 0 Å². The van der Waals surface area contributed by atoms with Gasteiger partial charge in [0.15, 0.2) is 0 Å². The van der Waals surface area contributed by atoms with Gasteiger partial charge < -0.3 is 28.5 Å². The van der Waals surface area contributed by atoms with E-state index in [9.17, 15) is 13.2 Å². The Labute approximate surface area is 178 Å². The molecular weight excluding hydrogens is 478 g/mol. The number of hydrogen-bond acceptors (Lipinski definition) is 0. The summed E-state index contributed by atoms with van der Waals surface area (Å²) in [6.07, 6.45) is -2.30. The lowest BCUT2D eigenvalue weighted by Gasteiger charge is -2.48. The molecule has 1 aliphatic rings. The lowest BCUT2D eigenvalue weighted by Crippen LogP contribution is -3.00. The van der Waals surface area contributed by atoms with Gasteiger partial charge in [-0.2, -0.15) is 13.2 Å². The van der Waals surface area contributed by atoms with Crippen LogP contribution >= 0.6 is 0 Å². The summed E-state index contributed by atoms with van der Waals surface area (Å²) in [4.78, 5) is 0. The largest absolute Gasteiger partial charge is 1.00 e. The second-order valence-electron chi connectivity index (χ2n) is 8.96. The fourth-order valence-corrected chi connectivity index (χ4v) is 6.96. The minimum Gasteiger partial charge on any atom is -1.00 e. The van der Waals surface area contributed by atoms with Crippen molar-refractivity contribution in [1.29, 1.82) is 0 Å². The topological polar surface area (TPSA) is 0 Å². The maximum Gasteiger partial charge on any atom is 0.416 e. The van der Waals surface area contributed by atoms with Gasteiger partial charge in [0.2, 0.25) is 0 Å². The van der Waals surface area contributed by atoms with Crippen LogP contribution in [0.1, 0.15) is 28.3 Å². The van der Waals surface area contributed by atoms with Gasteiger partial charge in [-0.1, -0.05) is 56.0 Å². The maximum atomic E-state index is 12.9. The van der Waals surface area contributed by atoms with Crippen LogP contribution in [0.3, 0.4) is 0 Å². The maximum absolute atomic E-state index is 12.9. The Bertz CT molecular complexity index is 783. The third-order valence-electron chi connectivity index (χ3n) is 5.27. The first-order valence-electron chi connectivity index (χ1n) is 9.06. The molecule has 0 unspecified atom stereocenters. The average Bonchev–Trinajstić information content (AvgIpc) is 2.51. The highest BCUT2D eigenvalue weighted by atomic mass is 127. The predicted molar refractivity (Wildman–Crippen MR) is 102 cm³/mol. The minimum atomic E-state index is -4.28. The summed E-state index contributed by atoms with van der Waals surface area (Å²) in [6.45, 7) is 8.02. The third kappa shape index (κ3) is 5.15. The molecule has 0 aromatic heterocycles. The molecule has 0 aliphatic carbocycles. The predicted octanol–water partition coefficient (Wildman–Crippen LogP) is 2.83. The molecule has 0 saturated carbocycles. The van der Waals surface area contributed by atoms with E-state index in [1.54, 1.807) is 12.1 Å². The Morgan fingerprint density at radius 2 is 1.52 bits per heavy atom. The number of nitrogens with zero attached hydrogens (tertiary/aromatic N) is 1.